The van der Waals surface area contributed by atoms with Crippen LogP contribution < -0.4 is 0 Å². The second kappa shape index (κ2) is 6.32. The van der Waals surface area contributed by atoms with Crippen LogP contribution in [0.15, 0.2) is 18.5 Å². The number of rotatable bonds is 2. The molecule has 1 saturated heterocycles. The molecule has 1 aliphatic heterocycles. The molecular weight excluding hydrogens is 278 g/mol. The first-order valence-electron chi connectivity index (χ1n) is 8.00. The Morgan fingerprint density at radius 3 is 2.50 bits per heavy atom. The molecule has 2 unspecified atom stereocenters. The van der Waals surface area contributed by atoms with Crippen LogP contribution in [0.2, 0.25) is 0 Å². The van der Waals surface area contributed by atoms with Gasteiger partial charge in [0.25, 0.3) is 0 Å². The summed E-state index contributed by atoms with van der Waals surface area (Å²) in [5.74, 6) is 0. The van der Waals surface area contributed by atoms with E-state index in [2.05, 4.69) is 41.8 Å². The van der Waals surface area contributed by atoms with Crippen molar-refractivity contribution in [2.75, 3.05) is 13.1 Å². The molecule has 5 heteroatoms. The molecule has 2 heterocycles. The summed E-state index contributed by atoms with van der Waals surface area (Å²) < 4.78 is 7.59. The summed E-state index contributed by atoms with van der Waals surface area (Å²) >= 11 is 0. The second-order valence-corrected chi connectivity index (χ2v) is 7.45. The maximum atomic E-state index is 12.3. The molecule has 2 atom stereocenters. The lowest BCUT2D eigenvalue weighted by Gasteiger charge is -2.44. The molecule has 0 aromatic carbocycles. The topological polar surface area (TPSA) is 37.7 Å². The molecule has 1 amide bonds. The smallest absolute Gasteiger partial charge is 0.410 e. The van der Waals surface area contributed by atoms with Crippen molar-refractivity contribution in [3.05, 3.63) is 24.0 Å². The molecule has 2 rings (SSSR count). The summed E-state index contributed by atoms with van der Waals surface area (Å²) in [7, 11) is 2.04. The van der Waals surface area contributed by atoms with Gasteiger partial charge in [-0.05, 0) is 46.2 Å². The van der Waals surface area contributed by atoms with Crippen molar-refractivity contribution in [1.82, 2.24) is 14.4 Å². The Hall–Kier alpha value is -1.49. The van der Waals surface area contributed by atoms with Crippen molar-refractivity contribution in [2.24, 2.45) is 7.05 Å². The van der Waals surface area contributed by atoms with Gasteiger partial charge in [-0.15, -0.1) is 0 Å². The van der Waals surface area contributed by atoms with Crippen molar-refractivity contribution >= 4 is 6.09 Å². The number of piperazine rings is 1. The van der Waals surface area contributed by atoms with Gasteiger partial charge >= 0.3 is 6.09 Å². The third-order valence-electron chi connectivity index (χ3n) is 4.02. The van der Waals surface area contributed by atoms with Gasteiger partial charge in [-0.2, -0.15) is 0 Å². The molecule has 0 radical (unpaired) electrons. The molecule has 5 nitrogen and oxygen atoms in total. The molecule has 0 aliphatic carbocycles. The van der Waals surface area contributed by atoms with Crippen molar-refractivity contribution in [2.45, 2.75) is 58.8 Å². The van der Waals surface area contributed by atoms with Gasteiger partial charge in [-0.25, -0.2) is 4.79 Å². The molecule has 0 N–H and O–H groups in total. The Balaban J connectivity index is 1.97. The standard InChI is InChI=1S/C17H29N3O2/c1-13-10-20(16(21)22-17(3,4)5)14(2)9-19(13)12-15-7-8-18(6)11-15/h7-8,11,13-14H,9-10,12H2,1-6H3. The van der Waals surface area contributed by atoms with Crippen molar-refractivity contribution in [3.8, 4) is 0 Å². The predicted octanol–water partition coefficient (Wildman–Crippen LogP) is 2.85. The Morgan fingerprint density at radius 2 is 1.95 bits per heavy atom. The molecule has 124 valence electrons. The average Bonchev–Trinajstić information content (AvgIpc) is 2.76. The Kier molecular flexibility index (Phi) is 4.85. The van der Waals surface area contributed by atoms with E-state index in [4.69, 9.17) is 4.74 Å². The molecule has 1 fully saturated rings. The number of ether oxygens (including phenoxy) is 1. The van der Waals surface area contributed by atoms with Crippen LogP contribution >= 0.6 is 0 Å². The van der Waals surface area contributed by atoms with E-state index in [0.29, 0.717) is 12.6 Å². The van der Waals surface area contributed by atoms with E-state index in [1.54, 1.807) is 0 Å². The normalized spacial score (nSPS) is 23.6. The minimum atomic E-state index is -0.443. The van der Waals surface area contributed by atoms with Crippen LogP contribution in [0.25, 0.3) is 0 Å². The lowest BCUT2D eigenvalue weighted by Crippen LogP contribution is -2.58. The fourth-order valence-electron chi connectivity index (χ4n) is 2.88. The summed E-state index contributed by atoms with van der Waals surface area (Å²) in [6, 6.07) is 2.64. The number of carbonyl (C=O) groups is 1. The second-order valence-electron chi connectivity index (χ2n) is 7.45. The monoisotopic (exact) mass is 307 g/mol. The molecule has 0 spiro atoms. The third kappa shape index (κ3) is 4.26. The Morgan fingerprint density at radius 1 is 1.27 bits per heavy atom. The predicted molar refractivity (Wildman–Crippen MR) is 87.7 cm³/mol. The minimum absolute atomic E-state index is 0.162. The number of hydrogen-bond donors (Lipinski definition) is 0. The molecule has 1 aromatic heterocycles. The van der Waals surface area contributed by atoms with Gasteiger partial charge in [0.15, 0.2) is 0 Å². The van der Waals surface area contributed by atoms with E-state index in [0.717, 1.165) is 13.1 Å². The Labute approximate surface area is 133 Å². The van der Waals surface area contributed by atoms with Crippen LogP contribution in [0, 0.1) is 0 Å². The summed E-state index contributed by atoms with van der Waals surface area (Å²) in [6.07, 6.45) is 4.02. The van der Waals surface area contributed by atoms with Crippen LogP contribution in [0.1, 0.15) is 40.2 Å². The third-order valence-corrected chi connectivity index (χ3v) is 4.02. The molecule has 0 saturated carbocycles. The molecule has 0 bridgehead atoms. The van der Waals surface area contributed by atoms with Crippen molar-refractivity contribution in [1.29, 1.82) is 0 Å². The highest BCUT2D eigenvalue weighted by Gasteiger charge is 2.34. The van der Waals surface area contributed by atoms with Gasteiger partial charge < -0.3 is 14.2 Å². The molecule has 1 aromatic rings. The van der Waals surface area contributed by atoms with Crippen LogP contribution in [0.4, 0.5) is 4.79 Å². The lowest BCUT2D eigenvalue weighted by atomic mass is 10.1. The van der Waals surface area contributed by atoms with Gasteiger partial charge in [0.1, 0.15) is 5.60 Å². The van der Waals surface area contributed by atoms with Crippen LogP contribution in [-0.4, -0.2) is 51.2 Å². The minimum Gasteiger partial charge on any atom is -0.444 e. The van der Waals surface area contributed by atoms with E-state index in [-0.39, 0.29) is 12.1 Å². The number of aromatic nitrogens is 1. The number of carbonyl (C=O) groups excluding carboxylic acids is 1. The van der Waals surface area contributed by atoms with Crippen molar-refractivity contribution in [3.63, 3.8) is 0 Å². The SMILES string of the molecule is CC1CN(C(=O)OC(C)(C)C)C(C)CN1Cc1ccn(C)c1. The number of nitrogens with zero attached hydrogens (tertiary/aromatic N) is 3. The maximum Gasteiger partial charge on any atom is 0.410 e. The van der Waals surface area contributed by atoms with E-state index < -0.39 is 5.60 Å². The highest BCUT2D eigenvalue weighted by molar-refractivity contribution is 5.68. The Bertz CT molecular complexity index is 518. The van der Waals surface area contributed by atoms with Crippen LogP contribution in [0.3, 0.4) is 0 Å². The van der Waals surface area contributed by atoms with E-state index in [1.807, 2.05) is 32.7 Å². The molecule has 1 aliphatic rings. The van der Waals surface area contributed by atoms with E-state index in [1.165, 1.54) is 5.56 Å². The highest BCUT2D eigenvalue weighted by Crippen LogP contribution is 2.20. The van der Waals surface area contributed by atoms with Gasteiger partial charge in [-0.3, -0.25) is 4.90 Å². The lowest BCUT2D eigenvalue weighted by molar-refractivity contribution is -0.0117. The summed E-state index contributed by atoms with van der Waals surface area (Å²) in [5.41, 5.74) is 0.869. The summed E-state index contributed by atoms with van der Waals surface area (Å²) in [6.45, 7) is 12.5. The largest absolute Gasteiger partial charge is 0.444 e. The van der Waals surface area contributed by atoms with Gasteiger partial charge in [0, 0.05) is 51.2 Å². The zero-order chi connectivity index (χ0) is 16.5. The first-order valence-corrected chi connectivity index (χ1v) is 8.00. The quantitative estimate of drug-likeness (QED) is 0.843. The average molecular weight is 307 g/mol. The maximum absolute atomic E-state index is 12.3. The number of aryl methyl sites for hydroxylation is 1. The summed E-state index contributed by atoms with van der Waals surface area (Å²) in [5, 5.41) is 0. The zero-order valence-electron chi connectivity index (χ0n) is 14.7. The fourth-order valence-corrected chi connectivity index (χ4v) is 2.88. The van der Waals surface area contributed by atoms with Gasteiger partial charge in [0.05, 0.1) is 0 Å². The fraction of sp³-hybridized carbons (Fsp3) is 0.706. The van der Waals surface area contributed by atoms with E-state index >= 15 is 0 Å². The van der Waals surface area contributed by atoms with Crippen molar-refractivity contribution < 1.29 is 9.53 Å². The zero-order valence-corrected chi connectivity index (χ0v) is 14.7. The highest BCUT2D eigenvalue weighted by atomic mass is 16.6. The van der Waals surface area contributed by atoms with Gasteiger partial charge in [-0.1, -0.05) is 0 Å². The molecular formula is C17H29N3O2. The van der Waals surface area contributed by atoms with Crippen LogP contribution in [-0.2, 0) is 18.3 Å². The number of amides is 1. The van der Waals surface area contributed by atoms with E-state index in [9.17, 15) is 4.79 Å². The first kappa shape index (κ1) is 16.9. The van der Waals surface area contributed by atoms with Gasteiger partial charge in [0.2, 0.25) is 0 Å². The number of hydrogen-bond acceptors (Lipinski definition) is 3. The van der Waals surface area contributed by atoms with Crippen LogP contribution in [0.5, 0.6) is 0 Å². The first-order chi connectivity index (χ1) is 10.2. The molecule has 22 heavy (non-hydrogen) atoms. The summed E-state index contributed by atoms with van der Waals surface area (Å²) in [4.78, 5) is 16.6.